The lowest BCUT2D eigenvalue weighted by molar-refractivity contribution is -0.00804. The first-order chi connectivity index (χ1) is 9.80. The van der Waals surface area contributed by atoms with Crippen molar-refractivity contribution in [3.05, 3.63) is 34.9 Å². The van der Waals surface area contributed by atoms with E-state index in [-0.39, 0.29) is 0 Å². The Kier molecular flexibility index (Phi) is 6.06. The minimum atomic E-state index is 0.334. The van der Waals surface area contributed by atoms with Gasteiger partial charge >= 0.3 is 0 Å². The van der Waals surface area contributed by atoms with Crippen molar-refractivity contribution in [2.75, 3.05) is 13.2 Å². The summed E-state index contributed by atoms with van der Waals surface area (Å²) in [5.41, 5.74) is 4.35. The van der Waals surface area contributed by atoms with Crippen LogP contribution in [0.5, 0.6) is 0 Å². The van der Waals surface area contributed by atoms with Crippen LogP contribution in [-0.4, -0.2) is 19.3 Å². The summed E-state index contributed by atoms with van der Waals surface area (Å²) in [5.74, 6) is 0. The van der Waals surface area contributed by atoms with Crippen molar-refractivity contribution < 1.29 is 4.74 Å². The Hall–Kier alpha value is -0.860. The molecule has 0 bridgehead atoms. The molecule has 2 atom stereocenters. The monoisotopic (exact) mass is 275 g/mol. The molecule has 2 rings (SSSR count). The van der Waals surface area contributed by atoms with Crippen molar-refractivity contribution in [1.82, 2.24) is 5.32 Å². The molecule has 1 aromatic rings. The molecule has 1 aliphatic rings. The fraction of sp³-hybridized carbons (Fsp3) is 0.667. The molecule has 1 aliphatic heterocycles. The van der Waals surface area contributed by atoms with Crippen LogP contribution >= 0.6 is 0 Å². The zero-order chi connectivity index (χ0) is 14.4. The summed E-state index contributed by atoms with van der Waals surface area (Å²) in [5, 5.41) is 3.67. The van der Waals surface area contributed by atoms with Crippen LogP contribution in [0.1, 0.15) is 62.8 Å². The standard InChI is InChI=1S/C18H29NO/c1-4-14-10-11-15(5-2)16(13-14)18(19-6-3)17-9-7-8-12-20-17/h10-11,13,17-19H,4-9,12H2,1-3H3. The summed E-state index contributed by atoms with van der Waals surface area (Å²) in [6.07, 6.45) is 6.21. The molecular weight excluding hydrogens is 246 g/mol. The van der Waals surface area contributed by atoms with Gasteiger partial charge in [-0.15, -0.1) is 0 Å². The average molecular weight is 275 g/mol. The van der Waals surface area contributed by atoms with Gasteiger partial charge in [0, 0.05) is 6.61 Å². The topological polar surface area (TPSA) is 21.3 Å². The smallest absolute Gasteiger partial charge is 0.0769 e. The number of rotatable bonds is 6. The number of benzene rings is 1. The first-order valence-electron chi connectivity index (χ1n) is 8.26. The molecule has 1 heterocycles. The SMILES string of the molecule is CCNC(c1cc(CC)ccc1CC)C1CCCCO1. The highest BCUT2D eigenvalue weighted by molar-refractivity contribution is 5.35. The zero-order valence-corrected chi connectivity index (χ0v) is 13.2. The van der Waals surface area contributed by atoms with Crippen molar-refractivity contribution in [2.24, 2.45) is 0 Å². The van der Waals surface area contributed by atoms with E-state index < -0.39 is 0 Å². The first kappa shape index (κ1) is 15.5. The van der Waals surface area contributed by atoms with Crippen molar-refractivity contribution in [3.8, 4) is 0 Å². The summed E-state index contributed by atoms with van der Waals surface area (Å²) in [6.45, 7) is 8.57. The van der Waals surface area contributed by atoms with E-state index in [1.54, 1.807) is 0 Å². The van der Waals surface area contributed by atoms with E-state index in [1.165, 1.54) is 36.0 Å². The second-order valence-electron chi connectivity index (χ2n) is 5.68. The summed E-state index contributed by atoms with van der Waals surface area (Å²) in [7, 11) is 0. The van der Waals surface area contributed by atoms with Crippen LogP contribution in [0.3, 0.4) is 0 Å². The molecule has 0 amide bonds. The zero-order valence-electron chi connectivity index (χ0n) is 13.2. The number of likely N-dealkylation sites (N-methyl/N-ethyl adjacent to an activating group) is 1. The molecule has 0 aliphatic carbocycles. The van der Waals surface area contributed by atoms with Gasteiger partial charge in [0.05, 0.1) is 12.1 Å². The van der Waals surface area contributed by atoms with Gasteiger partial charge in [-0.2, -0.15) is 0 Å². The predicted molar refractivity (Wildman–Crippen MR) is 85.2 cm³/mol. The fourth-order valence-corrected chi connectivity index (χ4v) is 3.17. The normalized spacial score (nSPS) is 20.9. The molecule has 112 valence electrons. The lowest BCUT2D eigenvalue weighted by atomic mass is 9.89. The van der Waals surface area contributed by atoms with Gasteiger partial charge < -0.3 is 10.1 Å². The quantitative estimate of drug-likeness (QED) is 0.846. The highest BCUT2D eigenvalue weighted by Crippen LogP contribution is 2.29. The van der Waals surface area contributed by atoms with Crippen molar-refractivity contribution in [3.63, 3.8) is 0 Å². The number of hydrogen-bond donors (Lipinski definition) is 1. The van der Waals surface area contributed by atoms with Gasteiger partial charge in [0.15, 0.2) is 0 Å². The molecule has 2 unspecified atom stereocenters. The number of aryl methyl sites for hydroxylation is 2. The minimum absolute atomic E-state index is 0.334. The molecule has 1 saturated heterocycles. The van der Waals surface area contributed by atoms with Crippen LogP contribution in [0.15, 0.2) is 18.2 Å². The highest BCUT2D eigenvalue weighted by atomic mass is 16.5. The van der Waals surface area contributed by atoms with Crippen LogP contribution in [-0.2, 0) is 17.6 Å². The van der Waals surface area contributed by atoms with Gasteiger partial charge in [-0.05, 0) is 55.3 Å². The third kappa shape index (κ3) is 3.62. The molecule has 2 nitrogen and oxygen atoms in total. The third-order valence-electron chi connectivity index (χ3n) is 4.35. The van der Waals surface area contributed by atoms with Gasteiger partial charge in [0.25, 0.3) is 0 Å². The molecule has 1 aromatic carbocycles. The van der Waals surface area contributed by atoms with Gasteiger partial charge in [-0.25, -0.2) is 0 Å². The number of nitrogens with one attached hydrogen (secondary N) is 1. The van der Waals surface area contributed by atoms with E-state index in [9.17, 15) is 0 Å². The van der Waals surface area contributed by atoms with Crippen molar-refractivity contribution in [2.45, 2.75) is 65.0 Å². The second-order valence-corrected chi connectivity index (χ2v) is 5.68. The van der Waals surface area contributed by atoms with Crippen LogP contribution in [0.2, 0.25) is 0 Å². The van der Waals surface area contributed by atoms with E-state index in [4.69, 9.17) is 4.74 Å². The molecular formula is C18H29NO. The van der Waals surface area contributed by atoms with Crippen LogP contribution in [0, 0.1) is 0 Å². The molecule has 1 N–H and O–H groups in total. The lowest BCUT2D eigenvalue weighted by Gasteiger charge is -2.32. The third-order valence-corrected chi connectivity index (χ3v) is 4.35. The molecule has 1 fully saturated rings. The van der Waals surface area contributed by atoms with E-state index in [0.717, 1.165) is 26.0 Å². The van der Waals surface area contributed by atoms with Gasteiger partial charge in [0.1, 0.15) is 0 Å². The van der Waals surface area contributed by atoms with E-state index in [1.807, 2.05) is 0 Å². The van der Waals surface area contributed by atoms with E-state index >= 15 is 0 Å². The maximum atomic E-state index is 6.06. The Bertz CT molecular complexity index is 410. The summed E-state index contributed by atoms with van der Waals surface area (Å²) in [6, 6.07) is 7.32. The Balaban J connectivity index is 2.30. The summed E-state index contributed by atoms with van der Waals surface area (Å²) >= 11 is 0. The Morgan fingerprint density at radius 3 is 2.65 bits per heavy atom. The molecule has 0 saturated carbocycles. The van der Waals surface area contributed by atoms with Gasteiger partial charge in [-0.1, -0.05) is 39.0 Å². The first-order valence-corrected chi connectivity index (χ1v) is 8.26. The minimum Gasteiger partial charge on any atom is -0.376 e. The Morgan fingerprint density at radius 1 is 1.20 bits per heavy atom. The summed E-state index contributed by atoms with van der Waals surface area (Å²) in [4.78, 5) is 0. The molecule has 0 spiro atoms. The largest absolute Gasteiger partial charge is 0.376 e. The van der Waals surface area contributed by atoms with Crippen molar-refractivity contribution in [1.29, 1.82) is 0 Å². The lowest BCUT2D eigenvalue weighted by Crippen LogP contribution is -2.36. The summed E-state index contributed by atoms with van der Waals surface area (Å²) < 4.78 is 6.06. The molecule has 0 radical (unpaired) electrons. The maximum absolute atomic E-state index is 6.06. The van der Waals surface area contributed by atoms with Crippen LogP contribution < -0.4 is 5.32 Å². The average Bonchev–Trinajstić information content (AvgIpc) is 2.53. The number of hydrogen-bond acceptors (Lipinski definition) is 2. The Morgan fingerprint density at radius 2 is 2.05 bits per heavy atom. The van der Waals surface area contributed by atoms with E-state index in [0.29, 0.717) is 12.1 Å². The maximum Gasteiger partial charge on any atom is 0.0769 e. The fourth-order valence-electron chi connectivity index (χ4n) is 3.17. The van der Waals surface area contributed by atoms with Gasteiger partial charge in [-0.3, -0.25) is 0 Å². The molecule has 2 heteroatoms. The van der Waals surface area contributed by atoms with Gasteiger partial charge in [0.2, 0.25) is 0 Å². The highest BCUT2D eigenvalue weighted by Gasteiger charge is 2.26. The molecule has 0 aromatic heterocycles. The second kappa shape index (κ2) is 7.80. The van der Waals surface area contributed by atoms with Crippen LogP contribution in [0.4, 0.5) is 0 Å². The van der Waals surface area contributed by atoms with Crippen molar-refractivity contribution >= 4 is 0 Å². The van der Waals surface area contributed by atoms with Crippen LogP contribution in [0.25, 0.3) is 0 Å². The Labute approximate surface area is 123 Å². The number of ether oxygens (including phenoxy) is 1. The van der Waals surface area contributed by atoms with E-state index in [2.05, 4.69) is 44.3 Å². The molecule has 20 heavy (non-hydrogen) atoms. The predicted octanol–water partition coefficient (Wildman–Crippen LogP) is 4.03.